The van der Waals surface area contributed by atoms with Gasteiger partial charge in [-0.1, -0.05) is 18.2 Å². The van der Waals surface area contributed by atoms with Gasteiger partial charge in [0.25, 0.3) is 5.91 Å². The van der Waals surface area contributed by atoms with Gasteiger partial charge in [-0.05, 0) is 24.6 Å². The Hall–Kier alpha value is -1.94. The van der Waals surface area contributed by atoms with Crippen LogP contribution < -0.4 is 0 Å². The monoisotopic (exact) mass is 242 g/mol. The van der Waals surface area contributed by atoms with E-state index in [2.05, 4.69) is 11.1 Å². The van der Waals surface area contributed by atoms with Gasteiger partial charge in [0.1, 0.15) is 6.10 Å². The summed E-state index contributed by atoms with van der Waals surface area (Å²) in [6.45, 7) is 2.52. The maximum atomic E-state index is 11.8. The molecule has 1 unspecified atom stereocenters. The van der Waals surface area contributed by atoms with Crippen LogP contribution in [-0.4, -0.2) is 27.0 Å². The van der Waals surface area contributed by atoms with Crippen LogP contribution >= 0.6 is 0 Å². The lowest BCUT2D eigenvalue weighted by Crippen LogP contribution is -2.33. The summed E-state index contributed by atoms with van der Waals surface area (Å²) in [5, 5.41) is 10.4. The summed E-state index contributed by atoms with van der Waals surface area (Å²) in [5.41, 5.74) is 2.95. The van der Waals surface area contributed by atoms with Crippen LogP contribution in [-0.2, 0) is 17.9 Å². The highest BCUT2D eigenvalue weighted by molar-refractivity contribution is 5.82. The molecule has 0 saturated carbocycles. The van der Waals surface area contributed by atoms with Crippen LogP contribution in [0.4, 0.5) is 0 Å². The topological polar surface area (TPSA) is 53.4 Å². The fraction of sp³-hybridized carbons (Fsp3) is 0.286. The van der Waals surface area contributed by atoms with Gasteiger partial charge >= 0.3 is 0 Å². The number of hydrogen-bond acceptors (Lipinski definition) is 3. The second-order valence-corrected chi connectivity index (χ2v) is 4.66. The largest absolute Gasteiger partial charge is 0.384 e. The van der Waals surface area contributed by atoms with Gasteiger partial charge in [-0.25, -0.2) is 0 Å². The molecule has 0 spiro atoms. The van der Waals surface area contributed by atoms with E-state index in [-0.39, 0.29) is 5.91 Å². The Balaban J connectivity index is 1.98. The molecule has 1 atom stereocenters. The van der Waals surface area contributed by atoms with Crippen LogP contribution in [0.15, 0.2) is 30.3 Å². The van der Waals surface area contributed by atoms with E-state index in [1.807, 2.05) is 24.3 Å². The molecule has 18 heavy (non-hydrogen) atoms. The predicted molar refractivity (Wildman–Crippen MR) is 67.7 cm³/mol. The molecule has 1 N–H and O–H groups in total. The van der Waals surface area contributed by atoms with E-state index in [1.54, 1.807) is 4.90 Å². The summed E-state index contributed by atoms with van der Waals surface area (Å²) in [7, 11) is 0. The number of para-hydroxylation sites is 1. The summed E-state index contributed by atoms with van der Waals surface area (Å²) in [6, 6.07) is 9.99. The molecule has 2 heterocycles. The van der Waals surface area contributed by atoms with Gasteiger partial charge in [-0.15, -0.1) is 0 Å². The van der Waals surface area contributed by atoms with E-state index < -0.39 is 6.10 Å². The SMILES string of the molecule is CC(O)C(=O)N1Cc2cc3ccccc3nc2C1. The van der Waals surface area contributed by atoms with Gasteiger partial charge in [-0.3, -0.25) is 9.78 Å². The Labute approximate surface area is 105 Å². The molecule has 1 aliphatic rings. The molecule has 0 aliphatic carbocycles. The highest BCUT2D eigenvalue weighted by Crippen LogP contribution is 2.25. The van der Waals surface area contributed by atoms with E-state index in [4.69, 9.17) is 0 Å². The van der Waals surface area contributed by atoms with Crippen molar-refractivity contribution in [2.45, 2.75) is 26.1 Å². The number of aromatic nitrogens is 1. The third-order valence-corrected chi connectivity index (χ3v) is 3.26. The van der Waals surface area contributed by atoms with Crippen LogP contribution in [0.25, 0.3) is 10.9 Å². The molecule has 4 nitrogen and oxygen atoms in total. The van der Waals surface area contributed by atoms with Crippen molar-refractivity contribution in [1.29, 1.82) is 0 Å². The lowest BCUT2D eigenvalue weighted by atomic mass is 10.1. The summed E-state index contributed by atoms with van der Waals surface area (Å²) in [6.07, 6.45) is -0.950. The lowest BCUT2D eigenvalue weighted by Gasteiger charge is -2.16. The first-order chi connectivity index (χ1) is 8.65. The van der Waals surface area contributed by atoms with Gasteiger partial charge in [-0.2, -0.15) is 0 Å². The number of nitrogens with zero attached hydrogens (tertiary/aromatic N) is 2. The fourth-order valence-electron chi connectivity index (χ4n) is 2.34. The van der Waals surface area contributed by atoms with Crippen molar-refractivity contribution in [3.05, 3.63) is 41.6 Å². The summed E-state index contributed by atoms with van der Waals surface area (Å²) >= 11 is 0. The van der Waals surface area contributed by atoms with E-state index in [0.29, 0.717) is 13.1 Å². The third-order valence-electron chi connectivity index (χ3n) is 3.26. The van der Waals surface area contributed by atoms with E-state index in [9.17, 15) is 9.90 Å². The van der Waals surface area contributed by atoms with Gasteiger partial charge in [0.05, 0.1) is 17.8 Å². The zero-order valence-corrected chi connectivity index (χ0v) is 10.1. The summed E-state index contributed by atoms with van der Waals surface area (Å²) < 4.78 is 0. The average molecular weight is 242 g/mol. The van der Waals surface area contributed by atoms with Gasteiger partial charge in [0.15, 0.2) is 0 Å². The standard InChI is InChI=1S/C14H14N2O2/c1-9(17)14(18)16-7-11-6-10-4-2-3-5-12(10)15-13(11)8-16/h2-6,9,17H,7-8H2,1H3. The second-order valence-electron chi connectivity index (χ2n) is 4.66. The second kappa shape index (κ2) is 4.07. The summed E-state index contributed by atoms with van der Waals surface area (Å²) in [4.78, 5) is 18.0. The predicted octanol–water partition coefficient (Wildman–Crippen LogP) is 1.46. The molecule has 0 bridgehead atoms. The number of aliphatic hydroxyl groups is 1. The number of rotatable bonds is 1. The normalized spacial score (nSPS) is 15.8. The molecular weight excluding hydrogens is 228 g/mol. The minimum absolute atomic E-state index is 0.239. The molecular formula is C14H14N2O2. The Morgan fingerprint density at radius 2 is 2.17 bits per heavy atom. The van der Waals surface area contributed by atoms with Crippen molar-refractivity contribution in [2.75, 3.05) is 0 Å². The molecule has 1 aromatic heterocycles. The minimum Gasteiger partial charge on any atom is -0.384 e. The molecule has 4 heteroatoms. The highest BCUT2D eigenvalue weighted by atomic mass is 16.3. The van der Waals surface area contributed by atoms with E-state index in [1.165, 1.54) is 6.92 Å². The highest BCUT2D eigenvalue weighted by Gasteiger charge is 2.26. The Morgan fingerprint density at radius 1 is 1.39 bits per heavy atom. The number of amides is 1. The van der Waals surface area contributed by atoms with Crippen molar-refractivity contribution in [3.63, 3.8) is 0 Å². The summed E-state index contributed by atoms with van der Waals surface area (Å²) in [5.74, 6) is -0.239. The smallest absolute Gasteiger partial charge is 0.251 e. The third kappa shape index (κ3) is 1.75. The van der Waals surface area contributed by atoms with Crippen molar-refractivity contribution >= 4 is 16.8 Å². The van der Waals surface area contributed by atoms with Crippen LogP contribution in [0.5, 0.6) is 0 Å². The van der Waals surface area contributed by atoms with Crippen LogP contribution in [0, 0.1) is 0 Å². The number of carbonyl (C=O) groups excluding carboxylic acids is 1. The Morgan fingerprint density at radius 3 is 2.94 bits per heavy atom. The fourth-order valence-corrected chi connectivity index (χ4v) is 2.34. The van der Waals surface area contributed by atoms with Crippen molar-refractivity contribution in [3.8, 4) is 0 Å². The van der Waals surface area contributed by atoms with Crippen molar-refractivity contribution in [2.24, 2.45) is 0 Å². The molecule has 0 saturated heterocycles. The maximum Gasteiger partial charge on any atom is 0.251 e. The van der Waals surface area contributed by atoms with E-state index in [0.717, 1.165) is 22.2 Å². The average Bonchev–Trinajstić information content (AvgIpc) is 2.77. The molecule has 1 aromatic carbocycles. The quantitative estimate of drug-likeness (QED) is 0.823. The van der Waals surface area contributed by atoms with E-state index >= 15 is 0 Å². The lowest BCUT2D eigenvalue weighted by molar-refractivity contribution is -0.139. The molecule has 3 rings (SSSR count). The van der Waals surface area contributed by atoms with Gasteiger partial charge in [0.2, 0.25) is 0 Å². The zero-order valence-electron chi connectivity index (χ0n) is 10.1. The molecule has 0 fully saturated rings. The molecule has 92 valence electrons. The first-order valence-corrected chi connectivity index (χ1v) is 5.99. The number of aliphatic hydroxyl groups excluding tert-OH is 1. The molecule has 2 aromatic rings. The number of fused-ring (bicyclic) bond motifs is 2. The van der Waals surface area contributed by atoms with Gasteiger partial charge < -0.3 is 10.0 Å². The van der Waals surface area contributed by atoms with Gasteiger partial charge in [0, 0.05) is 11.9 Å². The van der Waals surface area contributed by atoms with Crippen LogP contribution in [0.2, 0.25) is 0 Å². The zero-order chi connectivity index (χ0) is 12.7. The van der Waals surface area contributed by atoms with Crippen LogP contribution in [0.3, 0.4) is 0 Å². The number of carbonyl (C=O) groups is 1. The Bertz CT molecular complexity index is 578. The number of benzene rings is 1. The van der Waals surface area contributed by atoms with Crippen molar-refractivity contribution in [1.82, 2.24) is 9.88 Å². The molecule has 1 amide bonds. The molecule has 0 radical (unpaired) electrons. The maximum absolute atomic E-state index is 11.8. The van der Waals surface area contributed by atoms with Crippen LogP contribution in [0.1, 0.15) is 18.2 Å². The minimum atomic E-state index is -0.950. The Kier molecular flexibility index (Phi) is 2.52. The van der Waals surface area contributed by atoms with Crippen molar-refractivity contribution < 1.29 is 9.90 Å². The first-order valence-electron chi connectivity index (χ1n) is 5.99. The number of hydrogen-bond donors (Lipinski definition) is 1. The molecule has 1 aliphatic heterocycles. The number of pyridine rings is 1. The first kappa shape index (κ1) is 11.2.